The lowest BCUT2D eigenvalue weighted by Gasteiger charge is -2.09. The second-order valence-electron chi connectivity index (χ2n) is 4.96. The molecule has 0 radical (unpaired) electrons. The average Bonchev–Trinajstić information content (AvgIpc) is 2.51. The van der Waals surface area contributed by atoms with Crippen LogP contribution in [0.1, 0.15) is 16.7 Å². The van der Waals surface area contributed by atoms with Crippen molar-refractivity contribution in [1.29, 1.82) is 5.26 Å². The van der Waals surface area contributed by atoms with Crippen LogP contribution in [0.3, 0.4) is 0 Å². The molecule has 110 valence electrons. The molecular weight excluding hydrogens is 276 g/mol. The van der Waals surface area contributed by atoms with Crippen molar-refractivity contribution < 1.29 is 9.90 Å². The Morgan fingerprint density at radius 3 is 2.50 bits per heavy atom. The van der Waals surface area contributed by atoms with E-state index in [1.54, 1.807) is 18.2 Å². The second kappa shape index (κ2) is 6.59. The number of carbonyl (C=O) groups excluding carboxylic acids is 1. The van der Waals surface area contributed by atoms with Gasteiger partial charge in [-0.1, -0.05) is 24.3 Å². The number of benzene rings is 2. The smallest absolute Gasteiger partial charge is 0.266 e. The number of phenolic OH excluding ortho intramolecular Hbond substituents is 1. The van der Waals surface area contributed by atoms with Crippen LogP contribution in [-0.4, -0.2) is 11.0 Å². The largest absolute Gasteiger partial charge is 0.508 e. The summed E-state index contributed by atoms with van der Waals surface area (Å²) in [4.78, 5) is 12.2. The molecule has 4 nitrogen and oxygen atoms in total. The summed E-state index contributed by atoms with van der Waals surface area (Å²) in [6, 6.07) is 13.8. The number of amides is 1. The van der Waals surface area contributed by atoms with Crippen molar-refractivity contribution in [2.45, 2.75) is 13.8 Å². The van der Waals surface area contributed by atoms with Crippen LogP contribution in [-0.2, 0) is 4.79 Å². The summed E-state index contributed by atoms with van der Waals surface area (Å²) < 4.78 is 0. The van der Waals surface area contributed by atoms with E-state index in [4.69, 9.17) is 0 Å². The predicted octanol–water partition coefficient (Wildman–Crippen LogP) is 3.55. The molecule has 0 saturated carbocycles. The first-order valence-corrected chi connectivity index (χ1v) is 6.79. The van der Waals surface area contributed by atoms with Gasteiger partial charge in [0.05, 0.1) is 0 Å². The zero-order chi connectivity index (χ0) is 16.1. The van der Waals surface area contributed by atoms with E-state index in [2.05, 4.69) is 5.32 Å². The molecule has 0 heterocycles. The second-order valence-corrected chi connectivity index (χ2v) is 4.96. The van der Waals surface area contributed by atoms with E-state index in [-0.39, 0.29) is 11.3 Å². The van der Waals surface area contributed by atoms with Gasteiger partial charge in [0.25, 0.3) is 5.91 Å². The molecule has 2 aromatic carbocycles. The quantitative estimate of drug-likeness (QED) is 0.671. The summed E-state index contributed by atoms with van der Waals surface area (Å²) in [5.74, 6) is -0.320. The number of nitrogens with zero attached hydrogens (tertiary/aromatic N) is 1. The molecule has 0 saturated heterocycles. The zero-order valence-electron chi connectivity index (χ0n) is 12.4. The van der Waals surface area contributed by atoms with Crippen LogP contribution in [0.4, 0.5) is 5.69 Å². The van der Waals surface area contributed by atoms with Crippen LogP contribution in [0.5, 0.6) is 5.75 Å². The number of nitriles is 1. The molecule has 4 heteroatoms. The van der Waals surface area contributed by atoms with Crippen molar-refractivity contribution in [1.82, 2.24) is 0 Å². The molecule has 0 aliphatic carbocycles. The number of rotatable bonds is 3. The summed E-state index contributed by atoms with van der Waals surface area (Å²) in [7, 11) is 0. The highest BCUT2D eigenvalue weighted by Crippen LogP contribution is 2.19. The lowest BCUT2D eigenvalue weighted by Crippen LogP contribution is -2.14. The molecule has 0 aromatic heterocycles. The molecule has 0 fully saturated rings. The molecule has 0 unspecified atom stereocenters. The van der Waals surface area contributed by atoms with E-state index in [1.165, 1.54) is 18.2 Å². The molecule has 0 atom stereocenters. The number of hydrogen-bond donors (Lipinski definition) is 2. The maximum absolute atomic E-state index is 12.2. The summed E-state index contributed by atoms with van der Waals surface area (Å²) in [6.07, 6.45) is 1.49. The Bertz CT molecular complexity index is 769. The van der Waals surface area contributed by atoms with Crippen molar-refractivity contribution in [2.24, 2.45) is 0 Å². The highest BCUT2D eigenvalue weighted by molar-refractivity contribution is 6.10. The summed E-state index contributed by atoms with van der Waals surface area (Å²) in [6.45, 7) is 3.88. The van der Waals surface area contributed by atoms with Gasteiger partial charge >= 0.3 is 0 Å². The van der Waals surface area contributed by atoms with Crippen molar-refractivity contribution in [3.8, 4) is 11.8 Å². The molecule has 2 N–H and O–H groups in total. The fraction of sp³-hybridized carbons (Fsp3) is 0.111. The third-order valence-electron chi connectivity index (χ3n) is 3.42. The Hall–Kier alpha value is -3.06. The molecule has 1 amide bonds. The molecule has 0 spiro atoms. The van der Waals surface area contributed by atoms with Gasteiger partial charge in [-0.15, -0.1) is 0 Å². The van der Waals surface area contributed by atoms with Crippen LogP contribution in [0.25, 0.3) is 6.08 Å². The van der Waals surface area contributed by atoms with Crippen LogP contribution < -0.4 is 5.32 Å². The molecule has 0 bridgehead atoms. The van der Waals surface area contributed by atoms with Crippen LogP contribution in [0.2, 0.25) is 0 Å². The number of carbonyl (C=O) groups is 1. The third kappa shape index (κ3) is 3.53. The minimum Gasteiger partial charge on any atom is -0.508 e. The lowest BCUT2D eigenvalue weighted by molar-refractivity contribution is -0.112. The molecule has 22 heavy (non-hydrogen) atoms. The molecule has 0 aliphatic heterocycles. The number of aryl methyl sites for hydroxylation is 1. The van der Waals surface area contributed by atoms with Crippen LogP contribution in [0, 0.1) is 25.2 Å². The van der Waals surface area contributed by atoms with Gasteiger partial charge in [-0.3, -0.25) is 4.79 Å². The number of nitrogens with one attached hydrogen (secondary N) is 1. The van der Waals surface area contributed by atoms with Gasteiger partial charge in [-0.05, 0) is 54.8 Å². The van der Waals surface area contributed by atoms with E-state index in [1.807, 2.05) is 32.0 Å². The standard InChI is InChI=1S/C18H16N2O2/c1-12-4-3-5-17(13(12)2)20-18(22)15(11-19)10-14-6-8-16(21)9-7-14/h3-10,21H,1-2H3,(H,20,22)/b15-10-. The minimum absolute atomic E-state index is 0.00611. The zero-order valence-corrected chi connectivity index (χ0v) is 12.4. The maximum Gasteiger partial charge on any atom is 0.266 e. The Balaban J connectivity index is 2.24. The van der Waals surface area contributed by atoms with Crippen molar-refractivity contribution in [3.63, 3.8) is 0 Å². The first kappa shape index (κ1) is 15.3. The predicted molar refractivity (Wildman–Crippen MR) is 86.2 cm³/mol. The van der Waals surface area contributed by atoms with Gasteiger partial charge in [-0.25, -0.2) is 0 Å². The van der Waals surface area contributed by atoms with E-state index in [9.17, 15) is 15.2 Å². The fourth-order valence-corrected chi connectivity index (χ4v) is 1.96. The van der Waals surface area contributed by atoms with Gasteiger partial charge < -0.3 is 10.4 Å². The topological polar surface area (TPSA) is 73.1 Å². The summed E-state index contributed by atoms with van der Waals surface area (Å²) >= 11 is 0. The van der Waals surface area contributed by atoms with Gasteiger partial charge in [-0.2, -0.15) is 5.26 Å². The minimum atomic E-state index is -0.454. The first-order chi connectivity index (χ1) is 10.5. The fourth-order valence-electron chi connectivity index (χ4n) is 1.96. The SMILES string of the molecule is Cc1cccc(NC(=O)/C(C#N)=C\c2ccc(O)cc2)c1C. The normalized spacial score (nSPS) is 10.9. The number of aromatic hydroxyl groups is 1. The molecule has 0 aliphatic rings. The van der Waals surface area contributed by atoms with Crippen molar-refractivity contribution in [2.75, 3.05) is 5.32 Å². The number of anilines is 1. The van der Waals surface area contributed by atoms with Crippen molar-refractivity contribution >= 4 is 17.7 Å². The highest BCUT2D eigenvalue weighted by Gasteiger charge is 2.11. The monoisotopic (exact) mass is 292 g/mol. The van der Waals surface area contributed by atoms with Crippen LogP contribution in [0.15, 0.2) is 48.0 Å². The van der Waals surface area contributed by atoms with Crippen molar-refractivity contribution in [3.05, 3.63) is 64.7 Å². The Kier molecular flexibility index (Phi) is 4.60. The third-order valence-corrected chi connectivity index (χ3v) is 3.42. The number of hydrogen-bond acceptors (Lipinski definition) is 3. The number of phenols is 1. The lowest BCUT2D eigenvalue weighted by atomic mass is 10.1. The van der Waals surface area contributed by atoms with E-state index in [0.29, 0.717) is 11.3 Å². The van der Waals surface area contributed by atoms with Crippen LogP contribution >= 0.6 is 0 Å². The highest BCUT2D eigenvalue weighted by atomic mass is 16.3. The van der Waals surface area contributed by atoms with E-state index >= 15 is 0 Å². The van der Waals surface area contributed by atoms with Gasteiger partial charge in [0.2, 0.25) is 0 Å². The van der Waals surface area contributed by atoms with Gasteiger partial charge in [0.15, 0.2) is 0 Å². The summed E-state index contributed by atoms with van der Waals surface area (Å²) in [5.41, 5.74) is 3.41. The first-order valence-electron chi connectivity index (χ1n) is 6.79. The van der Waals surface area contributed by atoms with E-state index < -0.39 is 5.91 Å². The average molecular weight is 292 g/mol. The molecule has 2 rings (SSSR count). The van der Waals surface area contributed by atoms with E-state index in [0.717, 1.165) is 11.1 Å². The van der Waals surface area contributed by atoms with Gasteiger partial charge in [0.1, 0.15) is 17.4 Å². The Morgan fingerprint density at radius 1 is 1.18 bits per heavy atom. The molecule has 2 aromatic rings. The Morgan fingerprint density at radius 2 is 1.86 bits per heavy atom. The summed E-state index contributed by atoms with van der Waals surface area (Å²) in [5, 5.41) is 21.2. The Labute approximate surface area is 129 Å². The van der Waals surface area contributed by atoms with Gasteiger partial charge in [0, 0.05) is 5.69 Å². The maximum atomic E-state index is 12.2. The molecular formula is C18H16N2O2.